The summed E-state index contributed by atoms with van der Waals surface area (Å²) in [5.74, 6) is -0.540. The molecule has 1 fully saturated rings. The van der Waals surface area contributed by atoms with Crippen molar-refractivity contribution in [1.29, 1.82) is 0 Å². The SMILES string of the molecule is CC(=O)O[C@H]1[C@H](C)O[C@@H](O)C[C@H]1NS(=O)(=O)c1ccc(C)cc1. The molecule has 1 aliphatic rings. The first-order valence-electron chi connectivity index (χ1n) is 7.29. The molecule has 0 amide bonds. The van der Waals surface area contributed by atoms with Crippen molar-refractivity contribution in [2.45, 2.75) is 56.6 Å². The van der Waals surface area contributed by atoms with Crippen LogP contribution in [0.25, 0.3) is 0 Å². The van der Waals surface area contributed by atoms with Crippen LogP contribution in [0.3, 0.4) is 0 Å². The number of carbonyl (C=O) groups excluding carboxylic acids is 1. The van der Waals surface area contributed by atoms with Crippen LogP contribution in [0.1, 0.15) is 25.8 Å². The summed E-state index contributed by atoms with van der Waals surface area (Å²) in [6.07, 6.45) is -2.57. The van der Waals surface area contributed by atoms with Crippen molar-refractivity contribution in [2.75, 3.05) is 0 Å². The number of aliphatic hydroxyl groups is 1. The highest BCUT2D eigenvalue weighted by molar-refractivity contribution is 7.89. The number of aliphatic hydroxyl groups excluding tert-OH is 1. The Kier molecular flexibility index (Phi) is 5.41. The largest absolute Gasteiger partial charge is 0.458 e. The molecule has 1 saturated heterocycles. The number of sulfonamides is 1. The van der Waals surface area contributed by atoms with Gasteiger partial charge in [0.2, 0.25) is 10.0 Å². The number of benzene rings is 1. The zero-order valence-electron chi connectivity index (χ0n) is 13.2. The standard InChI is InChI=1S/C15H21NO6S/c1-9-4-6-12(7-5-9)23(19,20)16-13-8-14(18)21-10(2)15(13)22-11(3)17/h4-7,10,13-16,18H,8H2,1-3H3/t10-,13+,14+,15-/m0/s1. The van der Waals surface area contributed by atoms with E-state index in [9.17, 15) is 18.3 Å². The highest BCUT2D eigenvalue weighted by Crippen LogP contribution is 2.23. The molecule has 2 N–H and O–H groups in total. The molecule has 0 bridgehead atoms. The lowest BCUT2D eigenvalue weighted by atomic mass is 10.0. The van der Waals surface area contributed by atoms with Gasteiger partial charge in [0, 0.05) is 13.3 Å². The van der Waals surface area contributed by atoms with E-state index in [-0.39, 0.29) is 11.3 Å². The molecule has 1 aromatic carbocycles. The van der Waals surface area contributed by atoms with Crippen molar-refractivity contribution >= 4 is 16.0 Å². The van der Waals surface area contributed by atoms with Crippen LogP contribution in [-0.4, -0.2) is 44.0 Å². The summed E-state index contributed by atoms with van der Waals surface area (Å²) in [6.45, 7) is 4.71. The Morgan fingerprint density at radius 3 is 2.52 bits per heavy atom. The van der Waals surface area contributed by atoms with Gasteiger partial charge < -0.3 is 14.6 Å². The van der Waals surface area contributed by atoms with E-state index >= 15 is 0 Å². The second-order valence-corrected chi connectivity index (χ2v) is 7.36. The van der Waals surface area contributed by atoms with Crippen LogP contribution in [0.4, 0.5) is 0 Å². The van der Waals surface area contributed by atoms with E-state index in [0.717, 1.165) is 5.56 Å². The summed E-state index contributed by atoms with van der Waals surface area (Å²) in [4.78, 5) is 11.3. The minimum atomic E-state index is -3.80. The van der Waals surface area contributed by atoms with Gasteiger partial charge in [0.05, 0.1) is 17.0 Å². The second kappa shape index (κ2) is 6.96. The third kappa shape index (κ3) is 4.51. The van der Waals surface area contributed by atoms with Gasteiger partial charge in [0.1, 0.15) is 6.10 Å². The van der Waals surface area contributed by atoms with E-state index in [2.05, 4.69) is 4.72 Å². The molecule has 23 heavy (non-hydrogen) atoms. The maximum Gasteiger partial charge on any atom is 0.303 e. The molecule has 2 rings (SSSR count). The molecule has 0 saturated carbocycles. The molecular weight excluding hydrogens is 322 g/mol. The van der Waals surface area contributed by atoms with Crippen molar-refractivity contribution in [3.63, 3.8) is 0 Å². The lowest BCUT2D eigenvalue weighted by Gasteiger charge is -2.38. The van der Waals surface area contributed by atoms with E-state index in [1.165, 1.54) is 19.1 Å². The van der Waals surface area contributed by atoms with Gasteiger partial charge in [0.25, 0.3) is 0 Å². The number of rotatable bonds is 4. The van der Waals surface area contributed by atoms with Gasteiger partial charge in [-0.25, -0.2) is 13.1 Å². The Morgan fingerprint density at radius 2 is 1.96 bits per heavy atom. The third-order valence-corrected chi connectivity index (χ3v) is 5.13. The third-order valence-electron chi connectivity index (χ3n) is 3.63. The van der Waals surface area contributed by atoms with Crippen LogP contribution in [0, 0.1) is 6.92 Å². The first-order valence-corrected chi connectivity index (χ1v) is 8.77. The number of aryl methyl sites for hydroxylation is 1. The van der Waals surface area contributed by atoms with Crippen LogP contribution >= 0.6 is 0 Å². The molecule has 7 nitrogen and oxygen atoms in total. The molecule has 0 aliphatic carbocycles. The van der Waals surface area contributed by atoms with Crippen molar-refractivity contribution in [3.8, 4) is 0 Å². The van der Waals surface area contributed by atoms with Gasteiger partial charge in [-0.2, -0.15) is 0 Å². The zero-order chi connectivity index (χ0) is 17.2. The minimum Gasteiger partial charge on any atom is -0.458 e. The fourth-order valence-corrected chi connectivity index (χ4v) is 3.79. The Bertz CT molecular complexity index is 657. The summed E-state index contributed by atoms with van der Waals surface area (Å²) in [7, 11) is -3.80. The Labute approximate surface area is 135 Å². The van der Waals surface area contributed by atoms with E-state index < -0.39 is 40.5 Å². The van der Waals surface area contributed by atoms with Crippen LogP contribution in [0.15, 0.2) is 29.2 Å². The van der Waals surface area contributed by atoms with Gasteiger partial charge in [-0.05, 0) is 26.0 Å². The second-order valence-electron chi connectivity index (χ2n) is 5.65. The Hall–Kier alpha value is -1.48. The molecule has 0 radical (unpaired) electrons. The zero-order valence-corrected chi connectivity index (χ0v) is 14.0. The maximum absolute atomic E-state index is 12.5. The fraction of sp³-hybridized carbons (Fsp3) is 0.533. The summed E-state index contributed by atoms with van der Waals surface area (Å²) in [6, 6.07) is 5.61. The van der Waals surface area contributed by atoms with Crippen molar-refractivity contribution in [3.05, 3.63) is 29.8 Å². The number of nitrogens with one attached hydrogen (secondary N) is 1. The molecule has 8 heteroatoms. The predicted molar refractivity (Wildman–Crippen MR) is 82.0 cm³/mol. The number of carbonyl (C=O) groups is 1. The predicted octanol–water partition coefficient (Wildman–Crippen LogP) is 0.701. The molecule has 1 heterocycles. The summed E-state index contributed by atoms with van der Waals surface area (Å²) >= 11 is 0. The van der Waals surface area contributed by atoms with Crippen molar-refractivity contribution in [1.82, 2.24) is 4.72 Å². The minimum absolute atomic E-state index is 0.00657. The fourth-order valence-electron chi connectivity index (χ4n) is 2.53. The van der Waals surface area contributed by atoms with Gasteiger partial charge >= 0.3 is 5.97 Å². The molecule has 0 spiro atoms. The van der Waals surface area contributed by atoms with Crippen LogP contribution in [0.5, 0.6) is 0 Å². The first-order chi connectivity index (χ1) is 10.7. The molecule has 1 aliphatic heterocycles. The highest BCUT2D eigenvalue weighted by atomic mass is 32.2. The Morgan fingerprint density at radius 1 is 1.35 bits per heavy atom. The van der Waals surface area contributed by atoms with E-state index in [1.807, 2.05) is 6.92 Å². The van der Waals surface area contributed by atoms with E-state index in [4.69, 9.17) is 9.47 Å². The maximum atomic E-state index is 12.5. The smallest absolute Gasteiger partial charge is 0.303 e. The van der Waals surface area contributed by atoms with E-state index in [1.54, 1.807) is 19.1 Å². The quantitative estimate of drug-likeness (QED) is 0.781. The van der Waals surface area contributed by atoms with Crippen LogP contribution in [0.2, 0.25) is 0 Å². The molecule has 128 valence electrons. The van der Waals surface area contributed by atoms with Gasteiger partial charge in [-0.15, -0.1) is 0 Å². The average Bonchev–Trinajstić information content (AvgIpc) is 2.42. The molecule has 0 aromatic heterocycles. The summed E-state index contributed by atoms with van der Waals surface area (Å²) in [5, 5.41) is 9.71. The molecule has 4 atom stereocenters. The number of hydrogen-bond donors (Lipinski definition) is 2. The first kappa shape index (κ1) is 17.9. The lowest BCUT2D eigenvalue weighted by molar-refractivity contribution is -0.212. The van der Waals surface area contributed by atoms with Gasteiger partial charge in [-0.1, -0.05) is 17.7 Å². The van der Waals surface area contributed by atoms with E-state index in [0.29, 0.717) is 0 Å². The van der Waals surface area contributed by atoms with Crippen LogP contribution in [-0.2, 0) is 24.3 Å². The molecule has 0 unspecified atom stereocenters. The number of esters is 1. The normalized spacial score (nSPS) is 28.3. The molecular formula is C15H21NO6S. The number of hydrogen-bond acceptors (Lipinski definition) is 6. The number of ether oxygens (including phenoxy) is 2. The highest BCUT2D eigenvalue weighted by Gasteiger charge is 2.40. The van der Waals surface area contributed by atoms with Gasteiger partial charge in [0.15, 0.2) is 6.29 Å². The average molecular weight is 343 g/mol. The molecule has 1 aromatic rings. The summed E-state index contributed by atoms with van der Waals surface area (Å²) in [5.41, 5.74) is 0.942. The van der Waals surface area contributed by atoms with Crippen LogP contribution < -0.4 is 4.72 Å². The Balaban J connectivity index is 2.22. The topological polar surface area (TPSA) is 102 Å². The summed E-state index contributed by atoms with van der Waals surface area (Å²) < 4.78 is 37.8. The monoisotopic (exact) mass is 343 g/mol. The van der Waals surface area contributed by atoms with Crippen molar-refractivity contribution < 1.29 is 27.8 Å². The van der Waals surface area contributed by atoms with Crippen molar-refractivity contribution in [2.24, 2.45) is 0 Å². The lowest BCUT2D eigenvalue weighted by Crippen LogP contribution is -2.56. The van der Waals surface area contributed by atoms with Gasteiger partial charge in [-0.3, -0.25) is 4.79 Å².